The second kappa shape index (κ2) is 6.50. The van der Waals surface area contributed by atoms with Crippen molar-refractivity contribution in [3.63, 3.8) is 0 Å². The maximum atomic E-state index is 11.8. The molecule has 2 aromatic rings. The summed E-state index contributed by atoms with van der Waals surface area (Å²) in [5.74, 6) is 0.169. The molecule has 0 fully saturated rings. The number of halogens is 1. The zero-order valence-corrected chi connectivity index (χ0v) is 13.4. The predicted molar refractivity (Wildman–Crippen MR) is 80.5 cm³/mol. The van der Waals surface area contributed by atoms with Gasteiger partial charge >= 0.3 is 0 Å². The lowest BCUT2D eigenvalue weighted by Gasteiger charge is -2.03. The van der Waals surface area contributed by atoms with Gasteiger partial charge in [0.1, 0.15) is 5.82 Å². The van der Waals surface area contributed by atoms with Crippen LogP contribution in [0, 0.1) is 0 Å². The fraction of sp³-hybridized carbons (Fsp3) is 0.250. The maximum Gasteiger partial charge on any atom is 0.251 e. The van der Waals surface area contributed by atoms with E-state index in [0.717, 1.165) is 17.8 Å². The van der Waals surface area contributed by atoms with Crippen molar-refractivity contribution < 1.29 is 13.2 Å². The average molecular weight is 346 g/mol. The van der Waals surface area contributed by atoms with E-state index in [-0.39, 0.29) is 10.2 Å². The van der Waals surface area contributed by atoms with E-state index >= 15 is 0 Å². The van der Waals surface area contributed by atoms with E-state index in [0.29, 0.717) is 29.4 Å². The quantitative estimate of drug-likeness (QED) is 0.888. The van der Waals surface area contributed by atoms with Crippen LogP contribution in [0.3, 0.4) is 0 Å². The fourth-order valence-corrected chi connectivity index (χ4v) is 2.99. The molecule has 2 rings (SSSR count). The number of hydrogen-bond acceptors (Lipinski definition) is 6. The summed E-state index contributed by atoms with van der Waals surface area (Å²) >= 11 is 6.58. The first-order valence-corrected chi connectivity index (χ1v) is 8.97. The molecule has 9 heteroatoms. The summed E-state index contributed by atoms with van der Waals surface area (Å²) in [6.45, 7) is 0.321. The first-order valence-electron chi connectivity index (χ1n) is 5.92. The van der Waals surface area contributed by atoms with Gasteiger partial charge in [-0.05, 0) is 35.8 Å². The standard InChI is InChI=1S/C12H12ClN3O3S2/c1-21(18,19)12-15-10(16-20-12)6-7-14-11(17)8-2-4-9(13)5-3-8/h2-5H,6-7H2,1H3,(H,14,17). The third kappa shape index (κ3) is 4.48. The molecule has 1 heterocycles. The van der Waals surface area contributed by atoms with Gasteiger partial charge in [-0.25, -0.2) is 13.4 Å². The molecular weight excluding hydrogens is 334 g/mol. The number of benzene rings is 1. The van der Waals surface area contributed by atoms with Crippen LogP contribution < -0.4 is 5.32 Å². The molecule has 0 aliphatic heterocycles. The van der Waals surface area contributed by atoms with Crippen LogP contribution in [0.2, 0.25) is 5.02 Å². The van der Waals surface area contributed by atoms with Gasteiger partial charge < -0.3 is 5.32 Å². The van der Waals surface area contributed by atoms with E-state index in [4.69, 9.17) is 11.6 Å². The summed E-state index contributed by atoms with van der Waals surface area (Å²) in [5.41, 5.74) is 0.502. The Balaban J connectivity index is 1.88. The normalized spacial score (nSPS) is 11.3. The van der Waals surface area contributed by atoms with Gasteiger partial charge in [-0.3, -0.25) is 4.79 Å². The van der Waals surface area contributed by atoms with Crippen LogP contribution in [0.15, 0.2) is 28.6 Å². The largest absolute Gasteiger partial charge is 0.352 e. The fourth-order valence-electron chi connectivity index (χ4n) is 1.48. The minimum atomic E-state index is -3.33. The number of carbonyl (C=O) groups is 1. The second-order valence-corrected chi connectivity index (χ2v) is 7.64. The number of sulfone groups is 1. The molecule has 0 aliphatic carbocycles. The van der Waals surface area contributed by atoms with Crippen LogP contribution in [0.1, 0.15) is 16.2 Å². The summed E-state index contributed by atoms with van der Waals surface area (Å²) in [5, 5.41) is 3.27. The van der Waals surface area contributed by atoms with Gasteiger partial charge in [-0.15, -0.1) is 0 Å². The van der Waals surface area contributed by atoms with Crippen LogP contribution in [0.25, 0.3) is 0 Å². The van der Waals surface area contributed by atoms with Gasteiger partial charge in [-0.1, -0.05) is 11.6 Å². The minimum absolute atomic E-state index is 0.0125. The number of amides is 1. The maximum absolute atomic E-state index is 11.8. The monoisotopic (exact) mass is 345 g/mol. The summed E-state index contributed by atoms with van der Waals surface area (Å²) < 4.78 is 26.5. The Morgan fingerprint density at radius 1 is 1.33 bits per heavy atom. The Labute approximate surface area is 131 Å². The number of nitrogens with one attached hydrogen (secondary N) is 1. The molecule has 0 aliphatic rings. The number of aromatic nitrogens is 2. The van der Waals surface area contributed by atoms with Gasteiger partial charge in [0.25, 0.3) is 5.91 Å². The highest BCUT2D eigenvalue weighted by Gasteiger charge is 2.14. The summed E-state index contributed by atoms with van der Waals surface area (Å²) in [7, 11) is -3.33. The number of nitrogens with zero attached hydrogens (tertiary/aromatic N) is 2. The van der Waals surface area contributed by atoms with Crippen LogP contribution in [-0.2, 0) is 16.3 Å². The zero-order chi connectivity index (χ0) is 15.5. The molecule has 1 N–H and O–H groups in total. The van der Waals surface area contributed by atoms with Crippen molar-refractivity contribution in [3.8, 4) is 0 Å². The Kier molecular flexibility index (Phi) is 4.92. The van der Waals surface area contributed by atoms with Crippen molar-refractivity contribution >= 4 is 38.9 Å². The molecule has 0 radical (unpaired) electrons. The summed E-state index contributed by atoms with van der Waals surface area (Å²) in [6, 6.07) is 6.52. The van der Waals surface area contributed by atoms with E-state index in [1.54, 1.807) is 24.3 Å². The number of rotatable bonds is 5. The van der Waals surface area contributed by atoms with Gasteiger partial charge in [-0.2, -0.15) is 4.37 Å². The van der Waals surface area contributed by atoms with Crippen LogP contribution in [0.5, 0.6) is 0 Å². The molecule has 0 saturated heterocycles. The van der Waals surface area contributed by atoms with Crippen molar-refractivity contribution in [1.29, 1.82) is 0 Å². The van der Waals surface area contributed by atoms with E-state index in [1.165, 1.54) is 0 Å². The smallest absolute Gasteiger partial charge is 0.251 e. The van der Waals surface area contributed by atoms with E-state index < -0.39 is 9.84 Å². The predicted octanol–water partition coefficient (Wildman–Crippen LogP) is 1.57. The van der Waals surface area contributed by atoms with E-state index in [2.05, 4.69) is 14.7 Å². The molecule has 0 saturated carbocycles. The van der Waals surface area contributed by atoms with Crippen molar-refractivity contribution in [2.24, 2.45) is 0 Å². The molecule has 0 spiro atoms. The first-order chi connectivity index (χ1) is 9.86. The van der Waals surface area contributed by atoms with Crippen molar-refractivity contribution in [3.05, 3.63) is 40.7 Å². The highest BCUT2D eigenvalue weighted by atomic mass is 35.5. The Morgan fingerprint density at radius 2 is 2.00 bits per heavy atom. The third-order valence-corrected chi connectivity index (χ3v) is 5.17. The van der Waals surface area contributed by atoms with Gasteiger partial charge in [0.2, 0.25) is 14.2 Å². The molecule has 0 bridgehead atoms. The summed E-state index contributed by atoms with van der Waals surface area (Å²) in [6.07, 6.45) is 1.45. The molecule has 6 nitrogen and oxygen atoms in total. The Morgan fingerprint density at radius 3 is 2.57 bits per heavy atom. The molecule has 21 heavy (non-hydrogen) atoms. The first kappa shape index (κ1) is 15.9. The molecule has 0 unspecified atom stereocenters. The minimum Gasteiger partial charge on any atom is -0.352 e. The molecule has 112 valence electrons. The van der Waals surface area contributed by atoms with Crippen LogP contribution in [-0.4, -0.2) is 36.5 Å². The summed E-state index contributed by atoms with van der Waals surface area (Å²) in [4.78, 5) is 15.7. The Hall–Kier alpha value is -1.51. The lowest BCUT2D eigenvalue weighted by molar-refractivity contribution is 0.0954. The van der Waals surface area contributed by atoms with Crippen molar-refractivity contribution in [1.82, 2.24) is 14.7 Å². The van der Waals surface area contributed by atoms with Crippen LogP contribution in [0.4, 0.5) is 0 Å². The highest BCUT2D eigenvalue weighted by Crippen LogP contribution is 2.12. The van der Waals surface area contributed by atoms with E-state index in [9.17, 15) is 13.2 Å². The number of hydrogen-bond donors (Lipinski definition) is 1. The van der Waals surface area contributed by atoms with Crippen molar-refractivity contribution in [2.45, 2.75) is 10.8 Å². The second-order valence-electron chi connectivity index (χ2n) is 4.26. The lowest BCUT2D eigenvalue weighted by Crippen LogP contribution is -2.25. The number of carbonyl (C=O) groups excluding carboxylic acids is 1. The van der Waals surface area contributed by atoms with Gasteiger partial charge in [0.15, 0.2) is 0 Å². The molecule has 1 aromatic heterocycles. The van der Waals surface area contributed by atoms with Gasteiger partial charge in [0, 0.05) is 29.8 Å². The molecule has 1 aromatic carbocycles. The molecular formula is C12H12ClN3O3S2. The average Bonchev–Trinajstić information content (AvgIpc) is 2.88. The lowest BCUT2D eigenvalue weighted by atomic mass is 10.2. The topological polar surface area (TPSA) is 89.0 Å². The molecule has 1 amide bonds. The Bertz CT molecular complexity index is 741. The third-order valence-electron chi connectivity index (χ3n) is 2.51. The SMILES string of the molecule is CS(=O)(=O)c1nc(CCNC(=O)c2ccc(Cl)cc2)ns1. The van der Waals surface area contributed by atoms with Crippen LogP contribution >= 0.6 is 23.1 Å². The van der Waals surface area contributed by atoms with E-state index in [1.807, 2.05) is 0 Å². The van der Waals surface area contributed by atoms with Crippen molar-refractivity contribution in [2.75, 3.05) is 12.8 Å². The zero-order valence-electron chi connectivity index (χ0n) is 11.0. The highest BCUT2D eigenvalue weighted by molar-refractivity contribution is 7.92. The molecule has 0 atom stereocenters. The van der Waals surface area contributed by atoms with Gasteiger partial charge in [0.05, 0.1) is 0 Å².